The number of aromatic nitrogens is 6. The summed E-state index contributed by atoms with van der Waals surface area (Å²) in [6.07, 6.45) is 19.3. The Balaban J connectivity index is 0.000000208. The van der Waals surface area contributed by atoms with Crippen molar-refractivity contribution in [2.75, 3.05) is 19.6 Å². The van der Waals surface area contributed by atoms with Crippen molar-refractivity contribution >= 4 is 104 Å². The van der Waals surface area contributed by atoms with Gasteiger partial charge in [0.1, 0.15) is 100 Å². The van der Waals surface area contributed by atoms with Gasteiger partial charge in [0.2, 0.25) is 29.5 Å². The zero-order valence-corrected chi connectivity index (χ0v) is 88.8. The zero-order chi connectivity index (χ0) is 105. The smallest absolute Gasteiger partial charge is 0.329 e. The normalized spacial score (nSPS) is 28.1. The molecule has 27 nitrogen and oxygen atoms in total. The topological polar surface area (TPSA) is 324 Å². The van der Waals surface area contributed by atoms with Crippen molar-refractivity contribution in [1.29, 1.82) is 0 Å². The Morgan fingerprint density at radius 1 is 0.483 bits per heavy atom. The van der Waals surface area contributed by atoms with E-state index in [0.29, 0.717) is 105 Å². The standard InChI is InChI=1S/C39H52FN3O6.C37H49ClFN3O6.C37H50FN3O6.3CH4/c1-10-12-13-14-25-26-17-23(26)18-31(25)47-33(44)20-27(38(4,5)6)36(45)43-21-32(22(3)34(43)37(46)49-39(7,8)9)48-35-28(11-2)41-29-16-15-24(40)19-30(29)42-35;1-9-10-11-12-23-24-15-21(24)16-28(23)46-30(43)18-25(36(3,4)5)34(44)42-19-29(20(2)31(42)35(45)48-37(6,7)8)47-33-32(38)40-26-14-13-22(39)17-27(26)41-33;1-20-30-19-41(32(20)35(44)47-37(5,6)7)34(43)25(36(2,3)4)18-31(42)45-29-16-21-15-24(21)23(29)11-9-8-10-12-27-33(46-30)40-28-17-22(38)13-14-26(28)39-27;;;/h10-11,15-16,19,22-23,25-27,31-32,34H,1-2,12-14,17-18,20-21H2,3-9H3;9,13-14,17,20-21,23-25,28-29,31H,1,10-12,15-16,18-19H2,2-8H3;13-14,17,20-21,23-25,29-30,32H,8-12,15-16,18-19H2,1-7H3;3*1H4/t22-,23+,25-,26+,27-,31-,32+,34+;20-,21+,23-,24+,25-,28-,29+,31+;20-,21+,23-,24+,25-,29-,30+,32+;;;/m111.../s1. The molecule has 6 aromatic rings. The third-order valence-electron chi connectivity index (χ3n) is 31.0. The predicted molar refractivity (Wildman–Crippen MR) is 560 cm³/mol. The van der Waals surface area contributed by atoms with Crippen LogP contribution >= 0.6 is 11.6 Å². The summed E-state index contributed by atoms with van der Waals surface area (Å²) in [5, 5.41) is -0.0254. The summed E-state index contributed by atoms with van der Waals surface area (Å²) >= 11 is 6.43. The van der Waals surface area contributed by atoms with Gasteiger partial charge in [0.15, 0.2) is 5.15 Å². The van der Waals surface area contributed by atoms with Gasteiger partial charge in [-0.1, -0.05) is 149 Å². The number of ether oxygens (including phenoxy) is 9. The molecule has 3 aromatic heterocycles. The van der Waals surface area contributed by atoms with Gasteiger partial charge in [0.05, 0.1) is 89.8 Å². The summed E-state index contributed by atoms with van der Waals surface area (Å²) in [6.45, 7) is 50.4. The van der Waals surface area contributed by atoms with Crippen LogP contribution in [-0.4, -0.2) is 189 Å². The number of esters is 6. The van der Waals surface area contributed by atoms with Gasteiger partial charge in [-0.05, 0) is 271 Å². The Morgan fingerprint density at radius 3 is 1.37 bits per heavy atom. The number of carbonyl (C=O) groups is 9. The summed E-state index contributed by atoms with van der Waals surface area (Å²) < 4.78 is 97.2. The molecule has 9 fully saturated rings. The van der Waals surface area contributed by atoms with Crippen LogP contribution in [0.3, 0.4) is 0 Å². The molecular weight excluding hydrogens is 1900 g/mol. The van der Waals surface area contributed by atoms with Gasteiger partial charge in [-0.25, -0.2) is 57.5 Å². The predicted octanol–water partition coefficient (Wildman–Crippen LogP) is 23.0. The van der Waals surface area contributed by atoms with Gasteiger partial charge < -0.3 is 57.3 Å². The highest BCUT2D eigenvalue weighted by Gasteiger charge is 2.60. The Kier molecular flexibility index (Phi) is 37.4. The van der Waals surface area contributed by atoms with Crippen molar-refractivity contribution in [3.8, 4) is 17.6 Å². The Bertz CT molecular complexity index is 5780. The maximum Gasteiger partial charge on any atom is 0.329 e. The van der Waals surface area contributed by atoms with Crippen LogP contribution in [0.25, 0.3) is 39.2 Å². The van der Waals surface area contributed by atoms with E-state index in [0.717, 1.165) is 83.5 Å². The van der Waals surface area contributed by atoms with Gasteiger partial charge in [-0.2, -0.15) is 0 Å². The molecule has 7 heterocycles. The summed E-state index contributed by atoms with van der Waals surface area (Å²) in [5.74, 6) is -3.82. The molecule has 6 saturated carbocycles. The Labute approximate surface area is 873 Å². The minimum absolute atomic E-state index is 0. The zero-order valence-electron chi connectivity index (χ0n) is 88.1. The van der Waals surface area contributed by atoms with Crippen molar-refractivity contribution < 1.29 is 99.0 Å². The second kappa shape index (κ2) is 47.0. The molecule has 4 aliphatic heterocycles. The molecule has 3 amide bonds. The average molecular weight is 2060 g/mol. The van der Waals surface area contributed by atoms with Crippen LogP contribution in [0.1, 0.15) is 301 Å². The molecule has 3 aromatic carbocycles. The van der Waals surface area contributed by atoms with E-state index in [1.54, 1.807) is 75.3 Å². The number of aryl methyl sites for hydroxylation is 1. The summed E-state index contributed by atoms with van der Waals surface area (Å²) in [6, 6.07) is 9.50. The van der Waals surface area contributed by atoms with Crippen molar-refractivity contribution in [2.24, 2.45) is 105 Å². The maximum absolute atomic E-state index is 14.6. The number of hydrogen-bond acceptors (Lipinski definition) is 24. The number of benzene rings is 3. The lowest BCUT2D eigenvalue weighted by Gasteiger charge is -2.35. The second-order valence-corrected chi connectivity index (χ2v) is 48.8. The number of unbranched alkanes of at least 4 members (excludes halogenated alkanes) is 2. The fourth-order valence-corrected chi connectivity index (χ4v) is 23.3. The molecule has 147 heavy (non-hydrogen) atoms. The van der Waals surface area contributed by atoms with E-state index >= 15 is 0 Å². The molecule has 0 unspecified atom stereocenters. The van der Waals surface area contributed by atoms with E-state index < -0.39 is 152 Å². The molecule has 6 aliphatic carbocycles. The summed E-state index contributed by atoms with van der Waals surface area (Å²) in [4.78, 5) is 157. The van der Waals surface area contributed by atoms with Crippen LogP contribution in [-0.2, 0) is 78.0 Å². The quantitative estimate of drug-likeness (QED) is 0.0235. The number of hydrogen-bond donors (Lipinski definition) is 0. The van der Waals surface area contributed by atoms with E-state index in [4.69, 9.17) is 64.2 Å². The number of allylic oxidation sites excluding steroid dienone is 2. The fourth-order valence-electron chi connectivity index (χ4n) is 23.1. The van der Waals surface area contributed by atoms with E-state index in [1.807, 2.05) is 88.3 Å². The lowest BCUT2D eigenvalue weighted by molar-refractivity contribution is -0.167. The third-order valence-corrected chi connectivity index (χ3v) is 31.2. The van der Waals surface area contributed by atoms with E-state index in [-0.39, 0.29) is 126 Å². The minimum atomic E-state index is -0.997. The van der Waals surface area contributed by atoms with Gasteiger partial charge in [0.25, 0.3) is 5.88 Å². The van der Waals surface area contributed by atoms with Crippen LogP contribution < -0.4 is 14.2 Å². The molecule has 3 saturated heterocycles. The largest absolute Gasteiger partial charge is 0.471 e. The molecule has 10 aliphatic rings. The van der Waals surface area contributed by atoms with Crippen LogP contribution in [0, 0.1) is 122 Å². The first-order valence-electron chi connectivity index (χ1n) is 52.1. The first-order valence-corrected chi connectivity index (χ1v) is 52.5. The average Bonchev–Trinajstić information content (AvgIpc) is 1.60. The highest BCUT2D eigenvalue weighted by atomic mass is 35.5. The number of carbonyl (C=O) groups excluding carboxylic acids is 9. The third kappa shape index (κ3) is 28.5. The molecule has 2 bridgehead atoms. The number of halogens is 4. The molecule has 24 atom stereocenters. The maximum atomic E-state index is 14.6. The highest BCUT2D eigenvalue weighted by molar-refractivity contribution is 6.31. The van der Waals surface area contributed by atoms with Crippen molar-refractivity contribution in [3.05, 3.63) is 120 Å². The van der Waals surface area contributed by atoms with Gasteiger partial charge in [-0.3, -0.25) is 28.8 Å². The summed E-state index contributed by atoms with van der Waals surface area (Å²) in [5.41, 5.74) is -0.791. The van der Waals surface area contributed by atoms with Gasteiger partial charge in [0, 0.05) is 36.0 Å². The number of amides is 3. The summed E-state index contributed by atoms with van der Waals surface area (Å²) in [7, 11) is 0. The number of fused-ring (bicyclic) bond motifs is 11. The van der Waals surface area contributed by atoms with Gasteiger partial charge in [-0.15, -0.1) is 13.2 Å². The molecular formula is C116H163ClF3N9O18. The lowest BCUT2D eigenvalue weighted by atomic mass is 9.77. The lowest BCUT2D eigenvalue weighted by Crippen LogP contribution is -2.50. The first kappa shape index (κ1) is 117. The number of likely N-dealkylation sites (tertiary alicyclic amines) is 2. The Hall–Kier alpha value is -10.4. The molecule has 16 rings (SSSR count). The van der Waals surface area contributed by atoms with Crippen molar-refractivity contribution in [3.63, 3.8) is 0 Å². The van der Waals surface area contributed by atoms with E-state index in [1.165, 1.54) is 88.6 Å². The first-order chi connectivity index (χ1) is 67.5. The molecule has 808 valence electrons. The van der Waals surface area contributed by atoms with Crippen molar-refractivity contribution in [1.82, 2.24) is 44.6 Å². The second-order valence-electron chi connectivity index (χ2n) is 48.4. The van der Waals surface area contributed by atoms with Gasteiger partial charge >= 0.3 is 35.8 Å². The monoisotopic (exact) mass is 2060 g/mol. The SMILES string of the molecule is C.C.C.C=CCCC[C@@H]1[C@H]2C[C@H]2C[C@H]1OC(=O)C[C@H](C(=O)N1C[C@H](Oc2nc3cc(F)ccc3nc2C=C)[C@@H](C)[C@H]1C(=O)OC(C)(C)C)C(C)(C)C.C=CCCC[C@@H]1[C@H]2C[C@H]2C[C@H]1OC(=O)C[C@H](C(=O)N1C[C@H](Oc2nc3cc(F)ccc3nc2Cl)[C@@H](C)[C@H]1C(=O)OC(C)(C)C)C(C)(C)C.C[C@@H]1[C@@H]2CN(C(=O)[C@H](C(C)(C)C)CC(=O)O[C@@H]3C[C@@H]4C[C@@H]4[C@H]3CCCCCc3nc4ccc(F)cc4nc3O2)[C@@H]1C(=O)OC(C)(C)C. The molecule has 0 N–H and O–H groups in total. The van der Waals surface area contributed by atoms with E-state index in [9.17, 15) is 56.3 Å². The Morgan fingerprint density at radius 2 is 0.918 bits per heavy atom. The van der Waals surface area contributed by atoms with Crippen LogP contribution in [0.4, 0.5) is 13.2 Å². The number of nitrogens with zero attached hydrogens (tertiary/aromatic N) is 9. The van der Waals surface area contributed by atoms with Crippen LogP contribution in [0.5, 0.6) is 17.6 Å². The van der Waals surface area contributed by atoms with Crippen LogP contribution in [0.2, 0.25) is 5.15 Å². The number of rotatable bonds is 24. The van der Waals surface area contributed by atoms with Crippen molar-refractivity contribution in [2.45, 2.75) is 368 Å². The minimum Gasteiger partial charge on any atom is -0.471 e. The molecule has 31 heteroatoms. The highest BCUT2D eigenvalue weighted by Crippen LogP contribution is 2.61. The fraction of sp³-hybridized carbons (Fsp3) is 0.664. The van der Waals surface area contributed by atoms with E-state index in [2.05, 4.69) is 39.7 Å². The van der Waals surface area contributed by atoms with Crippen LogP contribution in [0.15, 0.2) is 86.5 Å². The molecule has 0 radical (unpaired) electrons. The molecule has 0 spiro atoms.